The van der Waals surface area contributed by atoms with Crippen molar-refractivity contribution in [1.82, 2.24) is 0 Å². The Morgan fingerprint density at radius 3 is 1.79 bits per heavy atom. The van der Waals surface area contributed by atoms with Gasteiger partial charge in [0.05, 0.1) is 11.7 Å². The van der Waals surface area contributed by atoms with Crippen LogP contribution in [0.15, 0.2) is 0 Å². The molecule has 0 rings (SSSR count). The van der Waals surface area contributed by atoms with Crippen LogP contribution in [0.4, 0.5) is 0 Å². The smallest absolute Gasteiger partial charge is 0.0672 e. The maximum Gasteiger partial charge on any atom is 0.0672 e. The van der Waals surface area contributed by atoms with E-state index in [-0.39, 0.29) is 0 Å². The average molecular weight is 202 g/mol. The highest BCUT2D eigenvalue weighted by Crippen LogP contribution is 2.26. The molecule has 86 valence electrons. The van der Waals surface area contributed by atoms with E-state index in [9.17, 15) is 10.2 Å². The van der Waals surface area contributed by atoms with Crippen LogP contribution in [0.5, 0.6) is 0 Å². The number of aliphatic hydroxyl groups excluding tert-OH is 1. The van der Waals surface area contributed by atoms with Crippen LogP contribution in [0.2, 0.25) is 0 Å². The molecule has 0 aliphatic heterocycles. The first-order valence-corrected chi connectivity index (χ1v) is 5.94. The molecule has 0 spiro atoms. The van der Waals surface area contributed by atoms with E-state index in [2.05, 4.69) is 13.8 Å². The van der Waals surface area contributed by atoms with Crippen molar-refractivity contribution in [3.05, 3.63) is 0 Å². The minimum absolute atomic E-state index is 0.395. The van der Waals surface area contributed by atoms with E-state index >= 15 is 0 Å². The van der Waals surface area contributed by atoms with Crippen LogP contribution in [0.3, 0.4) is 0 Å². The molecule has 0 aromatic heterocycles. The zero-order chi connectivity index (χ0) is 11.0. The van der Waals surface area contributed by atoms with E-state index < -0.39 is 11.7 Å². The van der Waals surface area contributed by atoms with Crippen molar-refractivity contribution >= 4 is 0 Å². The SMILES string of the molecule is CCCCC(O)(CCCC)CC(C)O. The lowest BCUT2D eigenvalue weighted by molar-refractivity contribution is -0.0224. The van der Waals surface area contributed by atoms with Crippen LogP contribution in [0, 0.1) is 0 Å². The molecule has 0 fully saturated rings. The molecule has 0 aromatic carbocycles. The summed E-state index contributed by atoms with van der Waals surface area (Å²) >= 11 is 0. The summed E-state index contributed by atoms with van der Waals surface area (Å²) in [6.45, 7) is 6.01. The molecule has 0 saturated heterocycles. The molecule has 0 aliphatic carbocycles. The summed E-state index contributed by atoms with van der Waals surface area (Å²) in [7, 11) is 0. The van der Waals surface area contributed by atoms with Gasteiger partial charge >= 0.3 is 0 Å². The summed E-state index contributed by atoms with van der Waals surface area (Å²) in [6, 6.07) is 0. The van der Waals surface area contributed by atoms with Crippen molar-refractivity contribution in [1.29, 1.82) is 0 Å². The van der Waals surface area contributed by atoms with E-state index in [0.717, 1.165) is 38.5 Å². The van der Waals surface area contributed by atoms with Gasteiger partial charge in [-0.05, 0) is 19.8 Å². The lowest BCUT2D eigenvalue weighted by Crippen LogP contribution is -2.32. The lowest BCUT2D eigenvalue weighted by Gasteiger charge is -2.29. The second kappa shape index (κ2) is 7.24. The van der Waals surface area contributed by atoms with Crippen molar-refractivity contribution in [2.24, 2.45) is 0 Å². The maximum atomic E-state index is 10.3. The molecule has 1 atom stereocenters. The van der Waals surface area contributed by atoms with E-state index in [0.29, 0.717) is 6.42 Å². The van der Waals surface area contributed by atoms with E-state index in [1.54, 1.807) is 6.92 Å². The Bertz CT molecular complexity index is 124. The quantitative estimate of drug-likeness (QED) is 0.635. The Labute approximate surface area is 88.3 Å². The van der Waals surface area contributed by atoms with Gasteiger partial charge in [-0.3, -0.25) is 0 Å². The van der Waals surface area contributed by atoms with E-state index in [1.165, 1.54) is 0 Å². The van der Waals surface area contributed by atoms with Crippen molar-refractivity contribution in [2.45, 2.75) is 77.4 Å². The van der Waals surface area contributed by atoms with Gasteiger partial charge in [0.2, 0.25) is 0 Å². The van der Waals surface area contributed by atoms with Gasteiger partial charge in [0.15, 0.2) is 0 Å². The number of rotatable bonds is 8. The van der Waals surface area contributed by atoms with Crippen molar-refractivity contribution in [3.63, 3.8) is 0 Å². The first-order chi connectivity index (χ1) is 6.54. The first kappa shape index (κ1) is 13.9. The van der Waals surface area contributed by atoms with E-state index in [1.807, 2.05) is 0 Å². The summed E-state index contributed by atoms with van der Waals surface area (Å²) < 4.78 is 0. The van der Waals surface area contributed by atoms with E-state index in [4.69, 9.17) is 0 Å². The largest absolute Gasteiger partial charge is 0.393 e. The Morgan fingerprint density at radius 1 is 1.07 bits per heavy atom. The molecule has 2 N–H and O–H groups in total. The van der Waals surface area contributed by atoms with Crippen LogP contribution in [-0.2, 0) is 0 Å². The molecule has 0 bridgehead atoms. The third-order valence-electron chi connectivity index (χ3n) is 2.67. The Balaban J connectivity index is 4.03. The molecule has 0 aliphatic rings. The van der Waals surface area contributed by atoms with Gasteiger partial charge in [-0.15, -0.1) is 0 Å². The zero-order valence-electron chi connectivity index (χ0n) is 9.92. The first-order valence-electron chi connectivity index (χ1n) is 5.94. The van der Waals surface area contributed by atoms with Gasteiger partial charge in [-0.1, -0.05) is 39.5 Å². The maximum absolute atomic E-state index is 10.3. The molecule has 0 amide bonds. The standard InChI is InChI=1S/C12H26O2/c1-4-6-8-12(14,9-7-5-2)10-11(3)13/h11,13-14H,4-10H2,1-3H3. The van der Waals surface area contributed by atoms with Crippen LogP contribution < -0.4 is 0 Å². The highest BCUT2D eigenvalue weighted by molar-refractivity contribution is 4.80. The summed E-state index contributed by atoms with van der Waals surface area (Å²) in [5.74, 6) is 0. The third-order valence-corrected chi connectivity index (χ3v) is 2.67. The molecule has 1 unspecified atom stereocenters. The highest BCUT2D eigenvalue weighted by Gasteiger charge is 2.26. The molecule has 0 heterocycles. The highest BCUT2D eigenvalue weighted by atomic mass is 16.3. The fourth-order valence-corrected chi connectivity index (χ4v) is 1.89. The predicted molar refractivity (Wildman–Crippen MR) is 60.3 cm³/mol. The van der Waals surface area contributed by atoms with Gasteiger partial charge in [0, 0.05) is 6.42 Å². The fraction of sp³-hybridized carbons (Fsp3) is 1.00. The van der Waals surface area contributed by atoms with Crippen LogP contribution >= 0.6 is 0 Å². The van der Waals surface area contributed by atoms with Crippen molar-refractivity contribution < 1.29 is 10.2 Å². The number of unbranched alkanes of at least 4 members (excludes halogenated alkanes) is 2. The summed E-state index contributed by atoms with van der Waals surface area (Å²) in [6.07, 6.45) is 6.09. The Hall–Kier alpha value is -0.0800. The molecular formula is C12H26O2. The molecule has 2 nitrogen and oxygen atoms in total. The Morgan fingerprint density at radius 2 is 1.50 bits per heavy atom. The minimum atomic E-state index is -0.625. The van der Waals surface area contributed by atoms with Crippen LogP contribution in [0.25, 0.3) is 0 Å². The molecule has 2 heteroatoms. The van der Waals surface area contributed by atoms with Crippen molar-refractivity contribution in [3.8, 4) is 0 Å². The second-order valence-corrected chi connectivity index (χ2v) is 4.48. The lowest BCUT2D eigenvalue weighted by atomic mass is 9.86. The minimum Gasteiger partial charge on any atom is -0.393 e. The topological polar surface area (TPSA) is 40.5 Å². The monoisotopic (exact) mass is 202 g/mol. The normalized spacial score (nSPS) is 14.4. The third kappa shape index (κ3) is 6.39. The van der Waals surface area contributed by atoms with Gasteiger partial charge in [0.1, 0.15) is 0 Å². The molecule has 0 aromatic rings. The molecule has 14 heavy (non-hydrogen) atoms. The summed E-state index contributed by atoms with van der Waals surface area (Å²) in [5.41, 5.74) is -0.625. The fourth-order valence-electron chi connectivity index (χ4n) is 1.89. The van der Waals surface area contributed by atoms with Crippen LogP contribution in [0.1, 0.15) is 65.7 Å². The molecular weight excluding hydrogens is 176 g/mol. The van der Waals surface area contributed by atoms with Gasteiger partial charge in [0.25, 0.3) is 0 Å². The number of aliphatic hydroxyl groups is 2. The summed E-state index contributed by atoms with van der Waals surface area (Å²) in [5, 5.41) is 19.6. The van der Waals surface area contributed by atoms with Gasteiger partial charge < -0.3 is 10.2 Å². The van der Waals surface area contributed by atoms with Gasteiger partial charge in [-0.25, -0.2) is 0 Å². The van der Waals surface area contributed by atoms with Crippen LogP contribution in [-0.4, -0.2) is 21.9 Å². The molecule has 0 saturated carbocycles. The Kier molecular flexibility index (Phi) is 7.20. The predicted octanol–water partition coefficient (Wildman–Crippen LogP) is 2.87. The average Bonchev–Trinajstić information content (AvgIpc) is 2.11. The van der Waals surface area contributed by atoms with Gasteiger partial charge in [-0.2, -0.15) is 0 Å². The zero-order valence-corrected chi connectivity index (χ0v) is 9.92. The molecule has 0 radical (unpaired) electrons. The van der Waals surface area contributed by atoms with Crippen molar-refractivity contribution in [2.75, 3.05) is 0 Å². The number of hydrogen-bond donors (Lipinski definition) is 2. The number of hydrogen-bond acceptors (Lipinski definition) is 2. The second-order valence-electron chi connectivity index (χ2n) is 4.48. The summed E-state index contributed by atoms with van der Waals surface area (Å²) in [4.78, 5) is 0.